The Morgan fingerprint density at radius 2 is 2.19 bits per heavy atom. The molecule has 0 amide bonds. The Kier molecular flexibility index (Phi) is 6.96. The first-order chi connectivity index (χ1) is 13.1. The lowest BCUT2D eigenvalue weighted by molar-refractivity contribution is 0.156. The minimum Gasteiger partial charge on any atom is -0.492 e. The lowest BCUT2D eigenvalue weighted by atomic mass is 9.87. The first kappa shape index (κ1) is 20.0. The summed E-state index contributed by atoms with van der Waals surface area (Å²) >= 11 is 0. The van der Waals surface area contributed by atoms with Crippen molar-refractivity contribution in [2.75, 3.05) is 60.1 Å². The van der Waals surface area contributed by atoms with E-state index in [1.165, 1.54) is 12.8 Å². The molecule has 1 aromatic rings. The van der Waals surface area contributed by atoms with Gasteiger partial charge in [0.15, 0.2) is 5.96 Å². The molecule has 2 heterocycles. The van der Waals surface area contributed by atoms with Crippen LogP contribution < -0.4 is 10.1 Å². The van der Waals surface area contributed by atoms with Crippen molar-refractivity contribution in [3.63, 3.8) is 0 Å². The first-order valence-corrected chi connectivity index (χ1v) is 10.1. The molecule has 3 rings (SSSR count). The maximum absolute atomic E-state index is 5.98. The highest BCUT2D eigenvalue weighted by molar-refractivity contribution is 5.80. The fraction of sp³-hybridized carbons (Fsp3) is 0.667. The fourth-order valence-electron chi connectivity index (χ4n) is 3.79. The van der Waals surface area contributed by atoms with Gasteiger partial charge in [0.1, 0.15) is 12.4 Å². The highest BCUT2D eigenvalue weighted by atomic mass is 16.5. The average molecular weight is 375 g/mol. The van der Waals surface area contributed by atoms with Gasteiger partial charge in [-0.3, -0.25) is 0 Å². The Balaban J connectivity index is 1.65. The first-order valence-electron chi connectivity index (χ1n) is 10.1. The van der Waals surface area contributed by atoms with Crippen LogP contribution in [-0.4, -0.2) is 75.9 Å². The normalized spacial score (nSPS) is 22.8. The van der Waals surface area contributed by atoms with Crippen LogP contribution in [0.3, 0.4) is 0 Å². The van der Waals surface area contributed by atoms with Crippen molar-refractivity contribution in [3.8, 4) is 5.75 Å². The number of benzene rings is 1. The van der Waals surface area contributed by atoms with Gasteiger partial charge in [-0.2, -0.15) is 0 Å². The summed E-state index contributed by atoms with van der Waals surface area (Å²) in [5.74, 6) is 1.94. The number of ether oxygens (including phenoxy) is 2. The van der Waals surface area contributed by atoms with Gasteiger partial charge in [0, 0.05) is 43.8 Å². The smallest absolute Gasteiger partial charge is 0.194 e. The molecule has 2 aliphatic rings. The van der Waals surface area contributed by atoms with Crippen molar-refractivity contribution in [1.29, 1.82) is 0 Å². The van der Waals surface area contributed by atoms with Crippen LogP contribution in [0.25, 0.3) is 0 Å². The summed E-state index contributed by atoms with van der Waals surface area (Å²) in [4.78, 5) is 9.45. The molecule has 2 saturated heterocycles. The third-order valence-electron chi connectivity index (χ3n) is 5.43. The SMILES string of the molecule is CCNC(=NCc1ccccc1OCCN(C)C)N1CCC2(CCOC2)C1. The van der Waals surface area contributed by atoms with E-state index in [2.05, 4.69) is 48.3 Å². The van der Waals surface area contributed by atoms with Crippen molar-refractivity contribution in [3.05, 3.63) is 29.8 Å². The van der Waals surface area contributed by atoms with Crippen LogP contribution in [0.2, 0.25) is 0 Å². The Morgan fingerprint density at radius 1 is 1.33 bits per heavy atom. The number of nitrogens with zero attached hydrogens (tertiary/aromatic N) is 3. The van der Waals surface area contributed by atoms with Crippen LogP contribution in [0.15, 0.2) is 29.3 Å². The van der Waals surface area contributed by atoms with Crippen LogP contribution in [0, 0.1) is 5.41 Å². The van der Waals surface area contributed by atoms with Gasteiger partial charge in [0.05, 0.1) is 13.2 Å². The van der Waals surface area contributed by atoms with Crippen LogP contribution in [0.4, 0.5) is 0 Å². The quantitative estimate of drug-likeness (QED) is 0.586. The molecule has 0 saturated carbocycles. The molecule has 0 aliphatic carbocycles. The molecule has 0 radical (unpaired) electrons. The Bertz CT molecular complexity index is 626. The van der Waals surface area contributed by atoms with Crippen LogP contribution in [0.1, 0.15) is 25.3 Å². The zero-order valence-corrected chi connectivity index (χ0v) is 17.0. The predicted octanol–water partition coefficient (Wildman–Crippen LogP) is 2.20. The summed E-state index contributed by atoms with van der Waals surface area (Å²) in [6.07, 6.45) is 2.37. The summed E-state index contributed by atoms with van der Waals surface area (Å²) in [6.45, 7) is 9.10. The second kappa shape index (κ2) is 9.42. The van der Waals surface area contributed by atoms with Gasteiger partial charge < -0.3 is 24.6 Å². The third-order valence-corrected chi connectivity index (χ3v) is 5.43. The largest absolute Gasteiger partial charge is 0.492 e. The van der Waals surface area contributed by atoms with Crippen molar-refractivity contribution in [2.45, 2.75) is 26.3 Å². The fourth-order valence-corrected chi connectivity index (χ4v) is 3.79. The molecule has 1 unspecified atom stereocenters. The third kappa shape index (κ3) is 5.36. The zero-order valence-electron chi connectivity index (χ0n) is 17.0. The van der Waals surface area contributed by atoms with Gasteiger partial charge >= 0.3 is 0 Å². The number of hydrogen-bond donors (Lipinski definition) is 1. The minimum absolute atomic E-state index is 0.337. The molecular weight excluding hydrogens is 340 g/mol. The molecular formula is C21H34N4O2. The van der Waals surface area contributed by atoms with Gasteiger partial charge in [0.2, 0.25) is 0 Å². The van der Waals surface area contributed by atoms with Crippen LogP contribution >= 0.6 is 0 Å². The second-order valence-corrected chi connectivity index (χ2v) is 7.90. The summed E-state index contributed by atoms with van der Waals surface area (Å²) in [7, 11) is 4.11. The van der Waals surface area contributed by atoms with E-state index < -0.39 is 0 Å². The maximum atomic E-state index is 5.98. The van der Waals surface area contributed by atoms with E-state index in [9.17, 15) is 0 Å². The van der Waals surface area contributed by atoms with Crippen molar-refractivity contribution < 1.29 is 9.47 Å². The van der Waals surface area contributed by atoms with Gasteiger partial charge in [-0.15, -0.1) is 0 Å². The molecule has 1 spiro atoms. The summed E-state index contributed by atoms with van der Waals surface area (Å²) in [6, 6.07) is 8.22. The standard InChI is InChI=1S/C21H34N4O2/c1-4-22-20(25-11-9-21(16-25)10-13-26-17-21)23-15-18-7-5-6-8-19(18)27-14-12-24(2)3/h5-8H,4,9-17H2,1-3H3,(H,22,23). The molecule has 2 fully saturated rings. The van der Waals surface area contributed by atoms with E-state index in [4.69, 9.17) is 14.5 Å². The van der Waals surface area contributed by atoms with E-state index in [1.54, 1.807) is 0 Å². The van der Waals surface area contributed by atoms with Gasteiger partial charge in [-0.25, -0.2) is 4.99 Å². The molecule has 0 aromatic heterocycles. The lowest BCUT2D eigenvalue weighted by Gasteiger charge is -2.25. The van der Waals surface area contributed by atoms with E-state index >= 15 is 0 Å². The van der Waals surface area contributed by atoms with E-state index in [0.717, 1.165) is 56.7 Å². The molecule has 1 atom stereocenters. The van der Waals surface area contributed by atoms with Crippen molar-refractivity contribution >= 4 is 5.96 Å². The number of para-hydroxylation sites is 1. The highest BCUT2D eigenvalue weighted by Gasteiger charge is 2.42. The molecule has 27 heavy (non-hydrogen) atoms. The average Bonchev–Trinajstić information content (AvgIpc) is 3.29. The van der Waals surface area contributed by atoms with Crippen molar-refractivity contribution in [1.82, 2.24) is 15.1 Å². The van der Waals surface area contributed by atoms with E-state index in [-0.39, 0.29) is 0 Å². The van der Waals surface area contributed by atoms with Gasteiger partial charge in [-0.1, -0.05) is 18.2 Å². The predicted molar refractivity (Wildman–Crippen MR) is 109 cm³/mol. The number of rotatable bonds is 7. The molecule has 150 valence electrons. The number of nitrogens with one attached hydrogen (secondary N) is 1. The summed E-state index contributed by atoms with van der Waals surface area (Å²) < 4.78 is 11.6. The molecule has 2 aliphatic heterocycles. The highest BCUT2D eigenvalue weighted by Crippen LogP contribution is 2.38. The van der Waals surface area contributed by atoms with Crippen molar-refractivity contribution in [2.24, 2.45) is 10.4 Å². The van der Waals surface area contributed by atoms with Gasteiger partial charge in [0.25, 0.3) is 0 Å². The lowest BCUT2D eigenvalue weighted by Crippen LogP contribution is -2.41. The number of guanidine groups is 1. The second-order valence-electron chi connectivity index (χ2n) is 7.90. The monoisotopic (exact) mass is 374 g/mol. The Morgan fingerprint density at radius 3 is 2.93 bits per heavy atom. The number of hydrogen-bond acceptors (Lipinski definition) is 4. The molecule has 1 aromatic carbocycles. The zero-order chi connectivity index (χ0) is 19.1. The Hall–Kier alpha value is -1.79. The molecule has 1 N–H and O–H groups in total. The van der Waals surface area contributed by atoms with Crippen LogP contribution in [-0.2, 0) is 11.3 Å². The van der Waals surface area contributed by atoms with E-state index in [1.807, 2.05) is 12.1 Å². The number of aliphatic imine (C=N–C) groups is 1. The number of likely N-dealkylation sites (tertiary alicyclic amines) is 1. The van der Waals surface area contributed by atoms with Crippen LogP contribution in [0.5, 0.6) is 5.75 Å². The minimum atomic E-state index is 0.337. The summed E-state index contributed by atoms with van der Waals surface area (Å²) in [5, 5.41) is 3.47. The Labute approximate surface area is 163 Å². The van der Waals surface area contributed by atoms with Gasteiger partial charge in [-0.05, 0) is 39.9 Å². The summed E-state index contributed by atoms with van der Waals surface area (Å²) in [5.41, 5.74) is 1.47. The maximum Gasteiger partial charge on any atom is 0.194 e. The molecule has 6 heteroatoms. The van der Waals surface area contributed by atoms with E-state index in [0.29, 0.717) is 18.6 Å². The molecule has 0 bridgehead atoms. The topological polar surface area (TPSA) is 49.3 Å². The number of likely N-dealkylation sites (N-methyl/N-ethyl adjacent to an activating group) is 1. The molecule has 6 nitrogen and oxygen atoms in total.